The number of amides is 1. The molecule has 2 saturated heterocycles. The van der Waals surface area contributed by atoms with Gasteiger partial charge in [0.15, 0.2) is 5.03 Å². The van der Waals surface area contributed by atoms with Crippen LogP contribution >= 0.6 is 0 Å². The van der Waals surface area contributed by atoms with Crippen LogP contribution in [0, 0.1) is 5.92 Å². The first kappa shape index (κ1) is 18.3. The van der Waals surface area contributed by atoms with Gasteiger partial charge in [-0.05, 0) is 51.1 Å². The molecular formula is C16H27N5O3S. The monoisotopic (exact) mass is 369 g/mol. The van der Waals surface area contributed by atoms with E-state index in [1.807, 2.05) is 6.92 Å². The summed E-state index contributed by atoms with van der Waals surface area (Å²) in [6.45, 7) is 4.76. The summed E-state index contributed by atoms with van der Waals surface area (Å²) in [6, 6.07) is 1.46. The number of sulfonamides is 1. The highest BCUT2D eigenvalue weighted by Crippen LogP contribution is 2.23. The first-order valence-electron chi connectivity index (χ1n) is 9.05. The van der Waals surface area contributed by atoms with Crippen molar-refractivity contribution in [2.45, 2.75) is 50.2 Å². The van der Waals surface area contributed by atoms with Gasteiger partial charge in [-0.15, -0.1) is 0 Å². The zero-order valence-corrected chi connectivity index (χ0v) is 15.5. The molecule has 0 bridgehead atoms. The summed E-state index contributed by atoms with van der Waals surface area (Å²) in [4.78, 5) is 12.1. The fraction of sp³-hybridized carbons (Fsp3) is 0.750. The maximum Gasteiger partial charge on any atom is 0.260 e. The molecule has 8 nitrogen and oxygen atoms in total. The zero-order valence-electron chi connectivity index (χ0n) is 14.6. The number of rotatable bonds is 6. The number of carbonyl (C=O) groups excluding carboxylic acids is 1. The molecule has 2 unspecified atom stereocenters. The van der Waals surface area contributed by atoms with Gasteiger partial charge in [-0.3, -0.25) is 9.48 Å². The largest absolute Gasteiger partial charge is 0.354 e. The number of aromatic nitrogens is 2. The second kappa shape index (κ2) is 7.84. The number of piperidine rings is 1. The number of hydrogen-bond donors (Lipinski definition) is 2. The van der Waals surface area contributed by atoms with Gasteiger partial charge in [0.25, 0.3) is 10.0 Å². The van der Waals surface area contributed by atoms with Crippen molar-refractivity contribution in [1.29, 1.82) is 0 Å². The zero-order chi connectivity index (χ0) is 17.9. The summed E-state index contributed by atoms with van der Waals surface area (Å²) in [6.07, 6.45) is 5.16. The molecule has 1 aromatic heterocycles. The quantitative estimate of drug-likeness (QED) is 0.745. The number of carbonyl (C=O) groups is 1. The molecular weight excluding hydrogens is 342 g/mol. The molecule has 0 aliphatic carbocycles. The standard InChI is InChI=1S/C16H27N5O3S/c1-2-21-15(7-9-19-21)25(23,24)20-10-4-5-13(12-20)11-18-16(22)14-6-3-8-17-14/h7,9,13-14,17H,2-6,8,10-12H2,1H3,(H,18,22). The molecule has 1 amide bonds. The van der Waals surface area contributed by atoms with Crippen LogP contribution in [0.25, 0.3) is 0 Å². The molecule has 2 atom stereocenters. The molecule has 1 aromatic rings. The molecule has 9 heteroatoms. The van der Waals surface area contributed by atoms with E-state index < -0.39 is 10.0 Å². The molecule has 0 radical (unpaired) electrons. The van der Waals surface area contributed by atoms with E-state index in [0.717, 1.165) is 32.2 Å². The lowest BCUT2D eigenvalue weighted by Crippen LogP contribution is -2.46. The van der Waals surface area contributed by atoms with Gasteiger partial charge in [0.2, 0.25) is 5.91 Å². The van der Waals surface area contributed by atoms with Crippen molar-refractivity contribution in [3.05, 3.63) is 12.3 Å². The van der Waals surface area contributed by atoms with Crippen LogP contribution in [0.3, 0.4) is 0 Å². The van der Waals surface area contributed by atoms with E-state index in [4.69, 9.17) is 0 Å². The first-order valence-corrected chi connectivity index (χ1v) is 10.5. The lowest BCUT2D eigenvalue weighted by atomic mass is 9.99. The van der Waals surface area contributed by atoms with Crippen LogP contribution in [0.4, 0.5) is 0 Å². The lowest BCUT2D eigenvalue weighted by Gasteiger charge is -2.32. The summed E-state index contributed by atoms with van der Waals surface area (Å²) in [5.41, 5.74) is 0. The van der Waals surface area contributed by atoms with Crippen LogP contribution in [0.2, 0.25) is 0 Å². The van der Waals surface area contributed by atoms with Crippen LogP contribution in [-0.4, -0.2) is 60.6 Å². The Bertz CT molecular complexity index is 696. The third-order valence-corrected chi connectivity index (χ3v) is 6.89. The fourth-order valence-corrected chi connectivity index (χ4v) is 5.31. The van der Waals surface area contributed by atoms with Gasteiger partial charge in [-0.25, -0.2) is 8.42 Å². The lowest BCUT2D eigenvalue weighted by molar-refractivity contribution is -0.123. The number of hydrogen-bond acceptors (Lipinski definition) is 5. The summed E-state index contributed by atoms with van der Waals surface area (Å²) < 4.78 is 28.8. The van der Waals surface area contributed by atoms with E-state index in [1.54, 1.807) is 6.07 Å². The highest BCUT2D eigenvalue weighted by molar-refractivity contribution is 7.89. The second-order valence-electron chi connectivity index (χ2n) is 6.75. The van der Waals surface area contributed by atoms with E-state index in [2.05, 4.69) is 15.7 Å². The van der Waals surface area contributed by atoms with Gasteiger partial charge in [0.05, 0.1) is 12.2 Å². The van der Waals surface area contributed by atoms with E-state index in [9.17, 15) is 13.2 Å². The third kappa shape index (κ3) is 4.04. The molecule has 0 spiro atoms. The summed E-state index contributed by atoms with van der Waals surface area (Å²) in [5.74, 6) is 0.174. The second-order valence-corrected chi connectivity index (χ2v) is 8.64. The van der Waals surface area contributed by atoms with Crippen molar-refractivity contribution in [3.63, 3.8) is 0 Å². The summed E-state index contributed by atoms with van der Waals surface area (Å²) in [7, 11) is -3.54. The minimum atomic E-state index is -3.54. The highest BCUT2D eigenvalue weighted by Gasteiger charge is 2.32. The predicted molar refractivity (Wildman–Crippen MR) is 93.4 cm³/mol. The molecule has 3 rings (SSSR count). The Hall–Kier alpha value is -1.45. The molecule has 0 saturated carbocycles. The fourth-order valence-electron chi connectivity index (χ4n) is 3.60. The molecule has 3 heterocycles. The van der Waals surface area contributed by atoms with Gasteiger partial charge in [0.1, 0.15) is 0 Å². The maximum absolute atomic E-state index is 12.9. The molecule has 2 fully saturated rings. The van der Waals surface area contributed by atoms with E-state index in [-0.39, 0.29) is 22.9 Å². The SMILES string of the molecule is CCn1nccc1S(=O)(=O)N1CCCC(CNC(=O)C2CCCN2)C1. The number of nitrogens with zero attached hydrogens (tertiary/aromatic N) is 3. The third-order valence-electron chi connectivity index (χ3n) is 5.00. The predicted octanol–water partition coefficient (Wildman–Crippen LogP) is 0.172. The van der Waals surface area contributed by atoms with Crippen LogP contribution < -0.4 is 10.6 Å². The molecule has 2 aliphatic heterocycles. The van der Waals surface area contributed by atoms with E-state index in [1.165, 1.54) is 15.2 Å². The summed E-state index contributed by atoms with van der Waals surface area (Å²) >= 11 is 0. The normalized spacial score (nSPS) is 25.2. The van der Waals surface area contributed by atoms with Gasteiger partial charge in [0, 0.05) is 26.2 Å². The minimum Gasteiger partial charge on any atom is -0.354 e. The van der Waals surface area contributed by atoms with Gasteiger partial charge >= 0.3 is 0 Å². The van der Waals surface area contributed by atoms with Crippen molar-refractivity contribution in [1.82, 2.24) is 24.7 Å². The van der Waals surface area contributed by atoms with Crippen molar-refractivity contribution < 1.29 is 13.2 Å². The van der Waals surface area contributed by atoms with E-state index >= 15 is 0 Å². The van der Waals surface area contributed by atoms with Crippen molar-refractivity contribution in [2.75, 3.05) is 26.2 Å². The Morgan fingerprint density at radius 2 is 2.24 bits per heavy atom. The average molecular weight is 369 g/mol. The number of aryl methyl sites for hydroxylation is 1. The molecule has 2 aliphatic rings. The Labute approximate surface area is 149 Å². The maximum atomic E-state index is 12.9. The molecule has 140 valence electrons. The Morgan fingerprint density at radius 3 is 2.96 bits per heavy atom. The Balaban J connectivity index is 1.60. The van der Waals surface area contributed by atoms with Crippen LogP contribution in [0.15, 0.2) is 17.3 Å². The van der Waals surface area contributed by atoms with Crippen LogP contribution in [0.1, 0.15) is 32.6 Å². The van der Waals surface area contributed by atoms with Crippen molar-refractivity contribution in [3.8, 4) is 0 Å². The number of nitrogens with one attached hydrogen (secondary N) is 2. The van der Waals surface area contributed by atoms with Gasteiger partial charge < -0.3 is 10.6 Å². The summed E-state index contributed by atoms with van der Waals surface area (Å²) in [5, 5.41) is 10.5. The van der Waals surface area contributed by atoms with Crippen molar-refractivity contribution >= 4 is 15.9 Å². The minimum absolute atomic E-state index is 0.0292. The van der Waals surface area contributed by atoms with Gasteiger partial charge in [-0.2, -0.15) is 9.40 Å². The van der Waals surface area contributed by atoms with Crippen LogP contribution in [0.5, 0.6) is 0 Å². The smallest absolute Gasteiger partial charge is 0.260 e. The highest BCUT2D eigenvalue weighted by atomic mass is 32.2. The molecule has 0 aromatic carbocycles. The molecule has 2 N–H and O–H groups in total. The topological polar surface area (TPSA) is 96.3 Å². The van der Waals surface area contributed by atoms with Crippen LogP contribution in [-0.2, 0) is 21.4 Å². The molecule has 25 heavy (non-hydrogen) atoms. The Kier molecular flexibility index (Phi) is 5.75. The van der Waals surface area contributed by atoms with Crippen molar-refractivity contribution in [2.24, 2.45) is 5.92 Å². The van der Waals surface area contributed by atoms with E-state index in [0.29, 0.717) is 26.2 Å². The first-order chi connectivity index (χ1) is 12.0. The average Bonchev–Trinajstić information content (AvgIpc) is 3.31. The van der Waals surface area contributed by atoms with Gasteiger partial charge in [-0.1, -0.05) is 0 Å². The Morgan fingerprint density at radius 1 is 1.40 bits per heavy atom.